The largest absolute Gasteiger partial charge is 0.390 e. The summed E-state index contributed by atoms with van der Waals surface area (Å²) in [5.74, 6) is 0. The van der Waals surface area contributed by atoms with E-state index in [1.807, 2.05) is 6.92 Å². The minimum atomic E-state index is -0.424. The van der Waals surface area contributed by atoms with Crippen LogP contribution in [0.3, 0.4) is 0 Å². The van der Waals surface area contributed by atoms with Gasteiger partial charge in [-0.15, -0.1) is 0 Å². The van der Waals surface area contributed by atoms with E-state index in [-0.39, 0.29) is 5.60 Å². The van der Waals surface area contributed by atoms with Crippen molar-refractivity contribution < 1.29 is 9.84 Å². The highest BCUT2D eigenvalue weighted by molar-refractivity contribution is 4.95. The van der Waals surface area contributed by atoms with Crippen LogP contribution in [0.15, 0.2) is 0 Å². The van der Waals surface area contributed by atoms with Crippen molar-refractivity contribution in [3.63, 3.8) is 0 Å². The number of piperidine rings is 1. The van der Waals surface area contributed by atoms with Crippen molar-refractivity contribution >= 4 is 0 Å². The first-order valence-electron chi connectivity index (χ1n) is 7.69. The van der Waals surface area contributed by atoms with Crippen LogP contribution in [0.4, 0.5) is 0 Å². The predicted octanol–water partition coefficient (Wildman–Crippen LogP) is 2.33. The van der Waals surface area contributed by atoms with Crippen LogP contribution in [-0.4, -0.2) is 46.9 Å². The molecule has 1 unspecified atom stereocenters. The van der Waals surface area contributed by atoms with Crippen molar-refractivity contribution in [2.24, 2.45) is 0 Å². The second-order valence-electron chi connectivity index (χ2n) is 6.92. The normalized spacial score (nSPS) is 36.0. The lowest BCUT2D eigenvalue weighted by molar-refractivity contribution is -0.111. The van der Waals surface area contributed by atoms with Gasteiger partial charge in [0.1, 0.15) is 0 Å². The smallest absolute Gasteiger partial charge is 0.0697 e. The average Bonchev–Trinajstić information content (AvgIpc) is 2.77. The zero-order valence-corrected chi connectivity index (χ0v) is 11.7. The Kier molecular flexibility index (Phi) is 3.41. The van der Waals surface area contributed by atoms with Crippen LogP contribution in [0.5, 0.6) is 0 Å². The Hall–Kier alpha value is -0.120. The van der Waals surface area contributed by atoms with Crippen LogP contribution in [-0.2, 0) is 4.74 Å². The molecule has 1 N–H and O–H groups in total. The molecule has 3 rings (SSSR count). The number of nitrogens with zero attached hydrogens (tertiary/aromatic N) is 1. The molecule has 3 heteroatoms. The molecule has 2 heterocycles. The van der Waals surface area contributed by atoms with Gasteiger partial charge >= 0.3 is 0 Å². The molecule has 0 amide bonds. The molecule has 1 spiro atoms. The van der Waals surface area contributed by atoms with E-state index >= 15 is 0 Å². The van der Waals surface area contributed by atoms with Crippen molar-refractivity contribution in [1.82, 2.24) is 4.90 Å². The second-order valence-corrected chi connectivity index (χ2v) is 6.92. The van der Waals surface area contributed by atoms with Crippen LogP contribution >= 0.6 is 0 Å². The average molecular weight is 253 g/mol. The number of likely N-dealkylation sites (tertiary alicyclic amines) is 1. The van der Waals surface area contributed by atoms with Gasteiger partial charge in [-0.05, 0) is 45.4 Å². The third-order valence-electron chi connectivity index (χ3n) is 5.37. The molecule has 3 aliphatic rings. The van der Waals surface area contributed by atoms with E-state index in [2.05, 4.69) is 4.90 Å². The van der Waals surface area contributed by atoms with Crippen molar-refractivity contribution in [1.29, 1.82) is 0 Å². The maximum atomic E-state index is 10.0. The Morgan fingerprint density at radius 3 is 2.44 bits per heavy atom. The third-order valence-corrected chi connectivity index (χ3v) is 5.37. The van der Waals surface area contributed by atoms with E-state index in [1.165, 1.54) is 38.5 Å². The molecular formula is C15H27NO2. The van der Waals surface area contributed by atoms with Gasteiger partial charge in [-0.2, -0.15) is 0 Å². The first kappa shape index (κ1) is 12.9. The zero-order valence-electron chi connectivity index (χ0n) is 11.7. The number of aliphatic hydroxyl groups is 1. The van der Waals surface area contributed by atoms with Crippen LogP contribution in [0.25, 0.3) is 0 Å². The summed E-state index contributed by atoms with van der Waals surface area (Å²) in [7, 11) is 0. The molecule has 1 saturated carbocycles. The summed E-state index contributed by atoms with van der Waals surface area (Å²) in [6.45, 7) is 5.05. The quantitative estimate of drug-likeness (QED) is 0.778. The fourth-order valence-electron chi connectivity index (χ4n) is 4.05. The number of hydrogen-bond donors (Lipinski definition) is 1. The van der Waals surface area contributed by atoms with Gasteiger partial charge in [0, 0.05) is 25.7 Å². The maximum Gasteiger partial charge on any atom is 0.0697 e. The Morgan fingerprint density at radius 1 is 1.11 bits per heavy atom. The molecule has 3 nitrogen and oxygen atoms in total. The van der Waals surface area contributed by atoms with Gasteiger partial charge < -0.3 is 9.84 Å². The molecule has 18 heavy (non-hydrogen) atoms. The van der Waals surface area contributed by atoms with Crippen molar-refractivity contribution in [3.05, 3.63) is 0 Å². The molecule has 0 aromatic carbocycles. The minimum absolute atomic E-state index is 0.225. The standard InChI is InChI=1S/C15H27NO2/c1-14(17)7-9-16(10-8-14)13-4-11-18-15(12-13)5-2-3-6-15/h13,17H,2-12H2,1H3. The van der Waals surface area contributed by atoms with Crippen LogP contribution < -0.4 is 0 Å². The number of ether oxygens (including phenoxy) is 1. The van der Waals surface area contributed by atoms with Gasteiger partial charge in [-0.1, -0.05) is 12.8 Å². The molecular weight excluding hydrogens is 226 g/mol. The Labute approximate surface area is 110 Å². The summed E-state index contributed by atoms with van der Waals surface area (Å²) in [6.07, 6.45) is 9.51. The summed E-state index contributed by atoms with van der Waals surface area (Å²) < 4.78 is 6.11. The second kappa shape index (κ2) is 4.77. The molecule has 0 bridgehead atoms. The minimum Gasteiger partial charge on any atom is -0.390 e. The van der Waals surface area contributed by atoms with Gasteiger partial charge in [0.15, 0.2) is 0 Å². The third kappa shape index (κ3) is 2.59. The first-order valence-corrected chi connectivity index (χ1v) is 7.69. The summed E-state index contributed by atoms with van der Waals surface area (Å²) >= 11 is 0. The van der Waals surface area contributed by atoms with E-state index in [0.29, 0.717) is 6.04 Å². The highest BCUT2D eigenvalue weighted by Crippen LogP contribution is 2.41. The molecule has 2 saturated heterocycles. The molecule has 1 aliphatic carbocycles. The van der Waals surface area contributed by atoms with Crippen molar-refractivity contribution in [2.75, 3.05) is 19.7 Å². The monoisotopic (exact) mass is 253 g/mol. The lowest BCUT2D eigenvalue weighted by Gasteiger charge is -2.46. The van der Waals surface area contributed by atoms with E-state index in [4.69, 9.17) is 4.74 Å². The van der Waals surface area contributed by atoms with Gasteiger partial charge in [0.2, 0.25) is 0 Å². The lowest BCUT2D eigenvalue weighted by atomic mass is 9.86. The fraction of sp³-hybridized carbons (Fsp3) is 1.00. The molecule has 1 atom stereocenters. The number of hydrogen-bond acceptors (Lipinski definition) is 3. The summed E-state index contributed by atoms with van der Waals surface area (Å²) in [5.41, 5.74) is -0.199. The first-order chi connectivity index (χ1) is 8.59. The molecule has 0 aromatic heterocycles. The summed E-state index contributed by atoms with van der Waals surface area (Å²) in [6, 6.07) is 0.702. The van der Waals surface area contributed by atoms with Gasteiger partial charge in [0.05, 0.1) is 11.2 Å². The van der Waals surface area contributed by atoms with E-state index in [1.54, 1.807) is 0 Å². The molecule has 0 radical (unpaired) electrons. The highest BCUT2D eigenvalue weighted by Gasteiger charge is 2.42. The van der Waals surface area contributed by atoms with Gasteiger partial charge in [0.25, 0.3) is 0 Å². The molecule has 104 valence electrons. The molecule has 0 aromatic rings. The van der Waals surface area contributed by atoms with Crippen molar-refractivity contribution in [3.8, 4) is 0 Å². The zero-order chi connectivity index (χ0) is 12.6. The van der Waals surface area contributed by atoms with Gasteiger partial charge in [-0.25, -0.2) is 0 Å². The Balaban J connectivity index is 1.59. The lowest BCUT2D eigenvalue weighted by Crippen LogP contribution is -2.52. The summed E-state index contributed by atoms with van der Waals surface area (Å²) in [5, 5.41) is 10.0. The van der Waals surface area contributed by atoms with Crippen LogP contribution in [0.2, 0.25) is 0 Å². The fourth-order valence-corrected chi connectivity index (χ4v) is 4.05. The molecule has 3 fully saturated rings. The van der Waals surface area contributed by atoms with E-state index in [9.17, 15) is 5.11 Å². The SMILES string of the molecule is CC1(O)CCN(C2CCOC3(CCCC3)C2)CC1. The van der Waals surface area contributed by atoms with E-state index in [0.717, 1.165) is 32.5 Å². The maximum absolute atomic E-state index is 10.0. The predicted molar refractivity (Wildman–Crippen MR) is 71.6 cm³/mol. The van der Waals surface area contributed by atoms with Crippen molar-refractivity contribution in [2.45, 2.75) is 75.5 Å². The summed E-state index contributed by atoms with van der Waals surface area (Å²) in [4.78, 5) is 2.61. The Morgan fingerprint density at radius 2 is 1.78 bits per heavy atom. The van der Waals surface area contributed by atoms with Gasteiger partial charge in [-0.3, -0.25) is 4.90 Å². The Bertz CT molecular complexity index is 287. The molecule has 2 aliphatic heterocycles. The van der Waals surface area contributed by atoms with Crippen LogP contribution in [0.1, 0.15) is 58.3 Å². The topological polar surface area (TPSA) is 32.7 Å². The highest BCUT2D eigenvalue weighted by atomic mass is 16.5. The van der Waals surface area contributed by atoms with E-state index < -0.39 is 5.60 Å². The number of rotatable bonds is 1. The van der Waals surface area contributed by atoms with Crippen LogP contribution in [0, 0.1) is 0 Å².